The van der Waals surface area contributed by atoms with Gasteiger partial charge in [0.1, 0.15) is 6.61 Å². The Morgan fingerprint density at radius 3 is 2.19 bits per heavy atom. The summed E-state index contributed by atoms with van der Waals surface area (Å²) in [6, 6.07) is 0. The van der Waals surface area contributed by atoms with Crippen molar-refractivity contribution in [2.45, 2.75) is 54.1 Å². The lowest BCUT2D eigenvalue weighted by atomic mass is 9.97. The SMILES string of the molecule is CCC(O)/C(C)=C(\C)COC(=O)C(C)(C)C. The van der Waals surface area contributed by atoms with Crippen molar-refractivity contribution in [1.29, 1.82) is 0 Å². The molecule has 0 bridgehead atoms. The minimum absolute atomic E-state index is 0.217. The molecule has 0 heterocycles. The maximum absolute atomic E-state index is 11.5. The highest BCUT2D eigenvalue weighted by molar-refractivity contribution is 5.75. The number of esters is 1. The molecule has 0 saturated carbocycles. The summed E-state index contributed by atoms with van der Waals surface area (Å²) in [5, 5.41) is 9.62. The Labute approximate surface area is 98.5 Å². The summed E-state index contributed by atoms with van der Waals surface area (Å²) in [7, 11) is 0. The second-order valence-corrected chi connectivity index (χ2v) is 5.21. The monoisotopic (exact) mass is 228 g/mol. The van der Waals surface area contributed by atoms with Crippen molar-refractivity contribution in [2.24, 2.45) is 5.41 Å². The number of carbonyl (C=O) groups excluding carboxylic acids is 1. The van der Waals surface area contributed by atoms with Crippen LogP contribution in [0, 0.1) is 5.41 Å². The molecule has 94 valence electrons. The van der Waals surface area contributed by atoms with E-state index in [1.54, 1.807) is 0 Å². The molecule has 0 spiro atoms. The fourth-order valence-corrected chi connectivity index (χ4v) is 1.09. The molecule has 0 aliphatic rings. The Hall–Kier alpha value is -0.830. The van der Waals surface area contributed by atoms with Crippen LogP contribution in [0.2, 0.25) is 0 Å². The second-order valence-electron chi connectivity index (χ2n) is 5.21. The lowest BCUT2D eigenvalue weighted by Crippen LogP contribution is -2.24. The van der Waals surface area contributed by atoms with E-state index in [9.17, 15) is 9.90 Å². The molecule has 1 N–H and O–H groups in total. The van der Waals surface area contributed by atoms with Crippen LogP contribution in [-0.4, -0.2) is 23.8 Å². The molecule has 3 heteroatoms. The van der Waals surface area contributed by atoms with Gasteiger partial charge in [-0.1, -0.05) is 6.92 Å². The zero-order chi connectivity index (χ0) is 12.9. The average Bonchev–Trinajstić information content (AvgIpc) is 2.21. The third-order valence-corrected chi connectivity index (χ3v) is 2.59. The van der Waals surface area contributed by atoms with E-state index in [0.717, 1.165) is 11.1 Å². The van der Waals surface area contributed by atoms with E-state index in [-0.39, 0.29) is 12.6 Å². The van der Waals surface area contributed by atoms with Gasteiger partial charge < -0.3 is 9.84 Å². The lowest BCUT2D eigenvalue weighted by Gasteiger charge is -2.18. The van der Waals surface area contributed by atoms with Gasteiger partial charge in [0, 0.05) is 0 Å². The molecule has 0 aliphatic heterocycles. The van der Waals surface area contributed by atoms with Gasteiger partial charge in [-0.05, 0) is 52.2 Å². The van der Waals surface area contributed by atoms with Crippen molar-refractivity contribution in [1.82, 2.24) is 0 Å². The molecule has 0 aromatic heterocycles. The molecular weight excluding hydrogens is 204 g/mol. The summed E-state index contributed by atoms with van der Waals surface area (Å²) < 4.78 is 5.18. The van der Waals surface area contributed by atoms with Crippen molar-refractivity contribution >= 4 is 5.97 Å². The van der Waals surface area contributed by atoms with Crippen molar-refractivity contribution < 1.29 is 14.6 Å². The fraction of sp³-hybridized carbons (Fsp3) is 0.769. The lowest BCUT2D eigenvalue weighted by molar-refractivity contribution is -0.151. The van der Waals surface area contributed by atoms with Crippen LogP contribution < -0.4 is 0 Å². The number of ether oxygens (including phenoxy) is 1. The smallest absolute Gasteiger partial charge is 0.311 e. The Morgan fingerprint density at radius 1 is 1.31 bits per heavy atom. The molecule has 0 aliphatic carbocycles. The van der Waals surface area contributed by atoms with Crippen LogP contribution in [-0.2, 0) is 9.53 Å². The van der Waals surface area contributed by atoms with E-state index in [1.807, 2.05) is 41.5 Å². The van der Waals surface area contributed by atoms with Crippen molar-refractivity contribution in [3.05, 3.63) is 11.1 Å². The van der Waals surface area contributed by atoms with Crippen LogP contribution >= 0.6 is 0 Å². The van der Waals surface area contributed by atoms with Gasteiger partial charge in [-0.15, -0.1) is 0 Å². The predicted octanol–water partition coefficient (Wildman–Crippen LogP) is 2.68. The minimum Gasteiger partial charge on any atom is -0.461 e. The van der Waals surface area contributed by atoms with E-state index in [4.69, 9.17) is 4.74 Å². The standard InChI is InChI=1S/C13H24O3/c1-7-11(14)10(3)9(2)8-16-12(15)13(4,5)6/h11,14H,7-8H2,1-6H3/b10-9+. The first kappa shape index (κ1) is 15.2. The molecule has 0 fully saturated rings. The van der Waals surface area contributed by atoms with Gasteiger partial charge in [-0.3, -0.25) is 4.79 Å². The summed E-state index contributed by atoms with van der Waals surface area (Å²) in [4.78, 5) is 11.5. The molecule has 0 aromatic rings. The van der Waals surface area contributed by atoms with E-state index in [0.29, 0.717) is 6.42 Å². The topological polar surface area (TPSA) is 46.5 Å². The third kappa shape index (κ3) is 4.79. The van der Waals surface area contributed by atoms with Gasteiger partial charge in [-0.25, -0.2) is 0 Å². The summed E-state index contributed by atoms with van der Waals surface area (Å²) in [6.07, 6.45) is 0.240. The van der Waals surface area contributed by atoms with Crippen LogP contribution in [0.25, 0.3) is 0 Å². The number of aliphatic hydroxyl groups excluding tert-OH is 1. The van der Waals surface area contributed by atoms with Crippen molar-refractivity contribution in [3.8, 4) is 0 Å². The second kappa shape index (κ2) is 6.04. The summed E-state index contributed by atoms with van der Waals surface area (Å²) in [5.74, 6) is -0.217. The Bertz CT molecular complexity index is 271. The van der Waals surface area contributed by atoms with Crippen molar-refractivity contribution in [3.63, 3.8) is 0 Å². The third-order valence-electron chi connectivity index (χ3n) is 2.59. The highest BCUT2D eigenvalue weighted by atomic mass is 16.5. The first-order chi connectivity index (χ1) is 7.20. The summed E-state index contributed by atoms with van der Waals surface area (Å²) in [6.45, 7) is 11.4. The molecular formula is C13H24O3. The van der Waals surface area contributed by atoms with Gasteiger partial charge >= 0.3 is 5.97 Å². The average molecular weight is 228 g/mol. The number of aliphatic hydroxyl groups is 1. The van der Waals surface area contributed by atoms with E-state index in [1.165, 1.54) is 0 Å². The Morgan fingerprint density at radius 2 is 1.81 bits per heavy atom. The van der Waals surface area contributed by atoms with E-state index < -0.39 is 11.5 Å². The maximum atomic E-state index is 11.5. The molecule has 3 nitrogen and oxygen atoms in total. The van der Waals surface area contributed by atoms with Gasteiger partial charge in [0.15, 0.2) is 0 Å². The quantitative estimate of drug-likeness (QED) is 0.594. The highest BCUT2D eigenvalue weighted by Crippen LogP contribution is 2.17. The molecule has 0 radical (unpaired) electrons. The number of hydrogen-bond donors (Lipinski definition) is 1. The van der Waals surface area contributed by atoms with E-state index in [2.05, 4.69) is 0 Å². The first-order valence-corrected chi connectivity index (χ1v) is 5.71. The normalized spacial score (nSPS) is 15.4. The molecule has 0 aromatic carbocycles. The zero-order valence-electron chi connectivity index (χ0n) is 11.3. The molecule has 0 saturated heterocycles. The van der Waals surface area contributed by atoms with Gasteiger partial charge in [0.25, 0.3) is 0 Å². The van der Waals surface area contributed by atoms with E-state index >= 15 is 0 Å². The highest BCUT2D eigenvalue weighted by Gasteiger charge is 2.23. The number of carbonyl (C=O) groups is 1. The number of hydrogen-bond acceptors (Lipinski definition) is 3. The Balaban J connectivity index is 4.37. The largest absolute Gasteiger partial charge is 0.461 e. The summed E-state index contributed by atoms with van der Waals surface area (Å²) >= 11 is 0. The molecule has 16 heavy (non-hydrogen) atoms. The van der Waals surface area contributed by atoms with Crippen LogP contribution in [0.3, 0.4) is 0 Å². The molecule has 1 unspecified atom stereocenters. The van der Waals surface area contributed by atoms with Gasteiger partial charge in [-0.2, -0.15) is 0 Å². The van der Waals surface area contributed by atoms with Gasteiger partial charge in [0.05, 0.1) is 11.5 Å². The van der Waals surface area contributed by atoms with Gasteiger partial charge in [0.2, 0.25) is 0 Å². The summed E-state index contributed by atoms with van der Waals surface area (Å²) in [5.41, 5.74) is 1.34. The molecule has 1 atom stereocenters. The maximum Gasteiger partial charge on any atom is 0.311 e. The molecule has 0 rings (SSSR count). The zero-order valence-corrected chi connectivity index (χ0v) is 11.3. The molecule has 0 amide bonds. The van der Waals surface area contributed by atoms with Crippen LogP contribution in [0.1, 0.15) is 48.0 Å². The minimum atomic E-state index is -0.475. The van der Waals surface area contributed by atoms with Crippen LogP contribution in [0.4, 0.5) is 0 Å². The van der Waals surface area contributed by atoms with Crippen LogP contribution in [0.5, 0.6) is 0 Å². The number of rotatable bonds is 4. The Kier molecular flexibility index (Phi) is 5.73. The fourth-order valence-electron chi connectivity index (χ4n) is 1.09. The first-order valence-electron chi connectivity index (χ1n) is 5.71. The predicted molar refractivity (Wildman–Crippen MR) is 65.1 cm³/mol. The van der Waals surface area contributed by atoms with Crippen LogP contribution in [0.15, 0.2) is 11.1 Å². The van der Waals surface area contributed by atoms with Crippen molar-refractivity contribution in [2.75, 3.05) is 6.61 Å².